The van der Waals surface area contributed by atoms with Crippen molar-refractivity contribution in [1.82, 2.24) is 15.2 Å². The van der Waals surface area contributed by atoms with Gasteiger partial charge < -0.3 is 29.7 Å². The predicted octanol–water partition coefficient (Wildman–Crippen LogP) is 3.47. The van der Waals surface area contributed by atoms with Crippen LogP contribution in [-0.2, 0) is 16.0 Å². The molecule has 0 unspecified atom stereocenters. The average molecular weight is 559 g/mol. The van der Waals surface area contributed by atoms with Crippen LogP contribution in [0.5, 0.6) is 11.5 Å². The van der Waals surface area contributed by atoms with Crippen LogP contribution < -0.4 is 20.1 Å². The minimum Gasteiger partial charge on any atom is -0.496 e. The topological polar surface area (TPSA) is 119 Å². The first-order chi connectivity index (χ1) is 19.9. The molecule has 1 saturated heterocycles. The van der Waals surface area contributed by atoms with E-state index in [4.69, 9.17) is 14.2 Å². The molecule has 2 aliphatic rings. The van der Waals surface area contributed by atoms with Gasteiger partial charge in [-0.05, 0) is 67.3 Å². The van der Waals surface area contributed by atoms with E-state index in [1.807, 2.05) is 12.1 Å². The Morgan fingerprint density at radius 1 is 1.10 bits per heavy atom. The lowest BCUT2D eigenvalue weighted by atomic mass is 9.94. The summed E-state index contributed by atoms with van der Waals surface area (Å²) in [6, 6.07) is 15.6. The third-order valence-corrected chi connectivity index (χ3v) is 7.52. The molecule has 2 aromatic carbocycles. The molecule has 41 heavy (non-hydrogen) atoms. The quantitative estimate of drug-likeness (QED) is 0.435. The maximum Gasteiger partial charge on any atom is 0.259 e. The van der Waals surface area contributed by atoms with Crippen molar-refractivity contribution in [2.24, 2.45) is 0 Å². The van der Waals surface area contributed by atoms with E-state index in [0.29, 0.717) is 47.7 Å². The third-order valence-electron chi connectivity index (χ3n) is 7.52. The average Bonchev–Trinajstić information content (AvgIpc) is 2.99. The van der Waals surface area contributed by atoms with Gasteiger partial charge in [-0.3, -0.25) is 19.4 Å². The molecule has 5 rings (SSSR count). The highest BCUT2D eigenvalue weighted by Gasteiger charge is 2.39. The van der Waals surface area contributed by atoms with Crippen LogP contribution in [0.15, 0.2) is 67.0 Å². The number of carbonyl (C=O) groups excluding carboxylic acids is 3. The van der Waals surface area contributed by atoms with Crippen molar-refractivity contribution in [2.45, 2.75) is 43.9 Å². The number of likely N-dealkylation sites (N-methyl/N-ethyl adjacent to an activating group) is 1. The number of benzene rings is 2. The van der Waals surface area contributed by atoms with Crippen LogP contribution >= 0.6 is 0 Å². The van der Waals surface area contributed by atoms with Crippen molar-refractivity contribution in [2.75, 3.05) is 32.6 Å². The monoisotopic (exact) mass is 558 g/mol. The SMILES string of the molecule is COc1ccccc1C(=O)Nc1ccc2c(c1)C(=O)N(C)[C@H]1CC[C@@H](CC(=O)NCCc3ccncc3)O[C@@H]1CO2. The standard InChI is InChI=1S/C31H34N4O6/c1-35-25-9-8-22(18-29(36)33-16-13-20-11-14-32-15-12-20)41-28(25)19-40-27-10-7-21(17-24(27)31(35)38)34-30(37)23-5-3-4-6-26(23)39-2/h3-7,10-12,14-15,17,22,25,28H,8-9,13,16,18-19H2,1-2H3,(H,33,36)(H,34,37)/t22-,25-,28+/m0/s1. The molecule has 3 heterocycles. The minimum atomic E-state index is -0.370. The molecule has 10 nitrogen and oxygen atoms in total. The maximum atomic E-state index is 13.5. The largest absolute Gasteiger partial charge is 0.496 e. The van der Waals surface area contributed by atoms with E-state index in [-0.39, 0.29) is 49.0 Å². The summed E-state index contributed by atoms with van der Waals surface area (Å²) in [6.07, 6.45) is 5.17. The van der Waals surface area contributed by atoms with Crippen LogP contribution in [0, 0.1) is 0 Å². The number of amides is 3. The van der Waals surface area contributed by atoms with E-state index in [2.05, 4.69) is 15.6 Å². The van der Waals surface area contributed by atoms with Gasteiger partial charge in [-0.25, -0.2) is 0 Å². The molecule has 0 aliphatic carbocycles. The molecular weight excluding hydrogens is 524 g/mol. The Morgan fingerprint density at radius 3 is 2.71 bits per heavy atom. The lowest BCUT2D eigenvalue weighted by molar-refractivity contribution is -0.134. The van der Waals surface area contributed by atoms with Gasteiger partial charge in [0.15, 0.2) is 0 Å². The molecule has 10 heteroatoms. The van der Waals surface area contributed by atoms with E-state index >= 15 is 0 Å². The highest BCUT2D eigenvalue weighted by Crippen LogP contribution is 2.33. The normalized spacial score (nSPS) is 20.0. The van der Waals surface area contributed by atoms with Gasteiger partial charge in [-0.2, -0.15) is 0 Å². The minimum absolute atomic E-state index is 0.0632. The van der Waals surface area contributed by atoms with Crippen molar-refractivity contribution in [1.29, 1.82) is 0 Å². The number of nitrogens with zero attached hydrogens (tertiary/aromatic N) is 2. The fourth-order valence-electron chi connectivity index (χ4n) is 5.31. The molecule has 214 valence electrons. The first kappa shape index (κ1) is 28.1. The van der Waals surface area contributed by atoms with E-state index in [1.165, 1.54) is 7.11 Å². The first-order valence-electron chi connectivity index (χ1n) is 13.7. The highest BCUT2D eigenvalue weighted by molar-refractivity contribution is 6.07. The van der Waals surface area contributed by atoms with Crippen molar-refractivity contribution in [3.8, 4) is 11.5 Å². The van der Waals surface area contributed by atoms with Crippen molar-refractivity contribution in [3.05, 3.63) is 83.7 Å². The van der Waals surface area contributed by atoms with Gasteiger partial charge >= 0.3 is 0 Å². The molecule has 2 N–H and O–H groups in total. The van der Waals surface area contributed by atoms with Crippen LogP contribution in [0.25, 0.3) is 0 Å². The van der Waals surface area contributed by atoms with Gasteiger partial charge in [-0.1, -0.05) is 12.1 Å². The summed E-state index contributed by atoms with van der Waals surface area (Å²) in [7, 11) is 3.26. The van der Waals surface area contributed by atoms with Crippen molar-refractivity contribution in [3.63, 3.8) is 0 Å². The first-order valence-corrected chi connectivity index (χ1v) is 13.7. The summed E-state index contributed by atoms with van der Waals surface area (Å²) in [6.45, 7) is 0.780. The maximum absolute atomic E-state index is 13.5. The summed E-state index contributed by atoms with van der Waals surface area (Å²) < 4.78 is 17.6. The molecule has 1 aromatic heterocycles. The van der Waals surface area contributed by atoms with Gasteiger partial charge in [0.05, 0.1) is 36.8 Å². The summed E-state index contributed by atoms with van der Waals surface area (Å²) in [5.41, 5.74) is 2.33. The highest BCUT2D eigenvalue weighted by atomic mass is 16.5. The number of ether oxygens (including phenoxy) is 3. The molecule has 1 fully saturated rings. The molecule has 2 aliphatic heterocycles. The van der Waals surface area contributed by atoms with Gasteiger partial charge in [0.25, 0.3) is 11.8 Å². The fraction of sp³-hybridized carbons (Fsp3) is 0.355. The predicted molar refractivity (Wildman–Crippen MR) is 152 cm³/mol. The van der Waals surface area contributed by atoms with Crippen molar-refractivity contribution >= 4 is 23.4 Å². The van der Waals surface area contributed by atoms with Crippen LogP contribution in [0.4, 0.5) is 5.69 Å². The van der Waals surface area contributed by atoms with Crippen LogP contribution in [0.2, 0.25) is 0 Å². The van der Waals surface area contributed by atoms with Crippen LogP contribution in [0.3, 0.4) is 0 Å². The Labute approximate surface area is 239 Å². The molecule has 0 saturated carbocycles. The number of carbonyl (C=O) groups is 3. The molecule has 0 spiro atoms. The van der Waals surface area contributed by atoms with Crippen molar-refractivity contribution < 1.29 is 28.6 Å². The lowest BCUT2D eigenvalue weighted by Gasteiger charge is -2.42. The second kappa shape index (κ2) is 12.8. The molecule has 3 amide bonds. The third kappa shape index (κ3) is 6.66. The zero-order valence-corrected chi connectivity index (χ0v) is 23.2. The second-order valence-corrected chi connectivity index (χ2v) is 10.2. The van der Waals surface area contributed by atoms with E-state index in [0.717, 1.165) is 12.0 Å². The molecule has 0 radical (unpaired) electrons. The number of hydrogen-bond donors (Lipinski definition) is 2. The lowest BCUT2D eigenvalue weighted by Crippen LogP contribution is -2.54. The number of anilines is 1. The number of para-hydroxylation sites is 1. The van der Waals surface area contributed by atoms with E-state index in [9.17, 15) is 14.4 Å². The molecule has 3 atom stereocenters. The molecular formula is C31H34N4O6. The van der Waals surface area contributed by atoms with Crippen LogP contribution in [-0.4, -0.2) is 73.2 Å². The Bertz CT molecular complexity index is 1400. The van der Waals surface area contributed by atoms with Gasteiger partial charge in [0.1, 0.15) is 24.2 Å². The number of hydrogen-bond acceptors (Lipinski definition) is 7. The Morgan fingerprint density at radius 2 is 1.90 bits per heavy atom. The zero-order chi connectivity index (χ0) is 28.8. The van der Waals surface area contributed by atoms with Gasteiger partial charge in [0.2, 0.25) is 5.91 Å². The Hall–Kier alpha value is -4.44. The van der Waals surface area contributed by atoms with Crippen LogP contribution in [0.1, 0.15) is 45.5 Å². The number of pyridine rings is 1. The number of fused-ring (bicyclic) bond motifs is 2. The van der Waals surface area contributed by atoms with E-state index in [1.54, 1.807) is 66.8 Å². The fourth-order valence-corrected chi connectivity index (χ4v) is 5.31. The summed E-state index contributed by atoms with van der Waals surface area (Å²) in [4.78, 5) is 44.7. The molecule has 0 bridgehead atoms. The number of rotatable bonds is 8. The Kier molecular flexibility index (Phi) is 8.79. The smallest absolute Gasteiger partial charge is 0.259 e. The number of nitrogens with one attached hydrogen (secondary N) is 2. The summed E-state index contributed by atoms with van der Waals surface area (Å²) >= 11 is 0. The molecule has 3 aromatic rings. The van der Waals surface area contributed by atoms with E-state index < -0.39 is 0 Å². The number of aromatic nitrogens is 1. The second-order valence-electron chi connectivity index (χ2n) is 10.2. The zero-order valence-electron chi connectivity index (χ0n) is 23.2. The van der Waals surface area contributed by atoms with Gasteiger partial charge in [-0.15, -0.1) is 0 Å². The number of methoxy groups -OCH3 is 1. The summed E-state index contributed by atoms with van der Waals surface area (Å²) in [5, 5.41) is 5.81. The van der Waals surface area contributed by atoms with Gasteiger partial charge in [0, 0.05) is 31.7 Å². The summed E-state index contributed by atoms with van der Waals surface area (Å²) in [5.74, 6) is 0.239. The Balaban J connectivity index is 1.20.